The first-order chi connectivity index (χ1) is 11.6. The molecule has 0 saturated heterocycles. The first-order valence-electron chi connectivity index (χ1n) is 7.44. The Hall–Kier alpha value is -2.28. The number of alkyl carbamates (subject to hydrolysis) is 1. The molecule has 2 amide bonds. The summed E-state index contributed by atoms with van der Waals surface area (Å²) in [5.74, 6) is -0.564. The Bertz CT molecular complexity index is 539. The first-order valence-corrected chi connectivity index (χ1v) is 7.98. The summed E-state index contributed by atoms with van der Waals surface area (Å²) < 4.78 is 9.64. The second-order valence-electron chi connectivity index (χ2n) is 4.88. The largest absolute Gasteiger partial charge is 0.467 e. The highest BCUT2D eigenvalue weighted by molar-refractivity contribution is 6.17. The molecule has 0 aliphatic heterocycles. The monoisotopic (exact) mass is 356 g/mol. The van der Waals surface area contributed by atoms with Crippen molar-refractivity contribution in [2.24, 2.45) is 0 Å². The van der Waals surface area contributed by atoms with E-state index in [9.17, 15) is 14.4 Å². The summed E-state index contributed by atoms with van der Waals surface area (Å²) in [6.45, 7) is -0.0170. The van der Waals surface area contributed by atoms with E-state index >= 15 is 0 Å². The van der Waals surface area contributed by atoms with Gasteiger partial charge < -0.3 is 20.1 Å². The fraction of sp³-hybridized carbons (Fsp3) is 0.438. The minimum absolute atomic E-state index is 0.0721. The number of ether oxygens (including phenoxy) is 2. The fourth-order valence-corrected chi connectivity index (χ4v) is 1.91. The van der Waals surface area contributed by atoms with Gasteiger partial charge in [0.15, 0.2) is 0 Å². The third-order valence-corrected chi connectivity index (χ3v) is 3.30. The molecule has 0 aliphatic rings. The molecule has 0 saturated carbocycles. The van der Waals surface area contributed by atoms with Crippen LogP contribution >= 0.6 is 11.6 Å². The molecular formula is C16H21ClN2O5. The van der Waals surface area contributed by atoms with Gasteiger partial charge in [-0.15, -0.1) is 11.6 Å². The van der Waals surface area contributed by atoms with Crippen LogP contribution in [0.4, 0.5) is 4.79 Å². The van der Waals surface area contributed by atoms with Crippen LogP contribution in [0.1, 0.15) is 18.4 Å². The van der Waals surface area contributed by atoms with Crippen LogP contribution in [-0.4, -0.2) is 43.5 Å². The SMILES string of the molecule is COC(=O)C(CNC(=O)CCCCl)NC(=O)OCc1ccccc1. The van der Waals surface area contributed by atoms with Crippen LogP contribution in [0, 0.1) is 0 Å². The van der Waals surface area contributed by atoms with Crippen molar-refractivity contribution < 1.29 is 23.9 Å². The van der Waals surface area contributed by atoms with Crippen LogP contribution in [0.3, 0.4) is 0 Å². The summed E-state index contributed by atoms with van der Waals surface area (Å²) in [5, 5.41) is 4.92. The number of methoxy groups -OCH3 is 1. The maximum Gasteiger partial charge on any atom is 0.408 e. The lowest BCUT2D eigenvalue weighted by Crippen LogP contribution is -2.49. The zero-order valence-electron chi connectivity index (χ0n) is 13.4. The molecule has 1 unspecified atom stereocenters. The number of esters is 1. The molecule has 1 aromatic carbocycles. The number of amides is 2. The van der Waals surface area contributed by atoms with Gasteiger partial charge in [-0.05, 0) is 12.0 Å². The van der Waals surface area contributed by atoms with Crippen molar-refractivity contribution in [3.8, 4) is 0 Å². The molecular weight excluding hydrogens is 336 g/mol. The number of halogens is 1. The number of rotatable bonds is 9. The van der Waals surface area contributed by atoms with Gasteiger partial charge in [0, 0.05) is 18.8 Å². The third-order valence-electron chi connectivity index (χ3n) is 3.03. The van der Waals surface area contributed by atoms with Crippen molar-refractivity contribution in [1.29, 1.82) is 0 Å². The van der Waals surface area contributed by atoms with Crippen LogP contribution in [-0.2, 0) is 25.7 Å². The van der Waals surface area contributed by atoms with Crippen molar-refractivity contribution >= 4 is 29.6 Å². The molecule has 0 bridgehead atoms. The molecule has 132 valence electrons. The number of hydrogen-bond donors (Lipinski definition) is 2. The lowest BCUT2D eigenvalue weighted by Gasteiger charge is -2.17. The first kappa shape index (κ1) is 19.8. The smallest absolute Gasteiger partial charge is 0.408 e. The fourth-order valence-electron chi connectivity index (χ4n) is 1.77. The summed E-state index contributed by atoms with van der Waals surface area (Å²) in [6.07, 6.45) is 0.00263. The molecule has 1 atom stereocenters. The van der Waals surface area contributed by atoms with Gasteiger partial charge in [-0.25, -0.2) is 9.59 Å². The Balaban J connectivity index is 2.45. The lowest BCUT2D eigenvalue weighted by molar-refractivity contribution is -0.143. The Kier molecular flexibility index (Phi) is 9.29. The van der Waals surface area contributed by atoms with Gasteiger partial charge in [0.1, 0.15) is 12.6 Å². The van der Waals surface area contributed by atoms with Gasteiger partial charge in [0.25, 0.3) is 0 Å². The Labute approximate surface area is 145 Å². The second kappa shape index (κ2) is 11.3. The van der Waals surface area contributed by atoms with Gasteiger partial charge in [0.2, 0.25) is 5.91 Å². The summed E-state index contributed by atoms with van der Waals surface area (Å²) in [6, 6.07) is 8.08. The summed E-state index contributed by atoms with van der Waals surface area (Å²) in [4.78, 5) is 35.0. The van der Waals surface area contributed by atoms with E-state index in [0.717, 1.165) is 5.56 Å². The summed E-state index contributed by atoms with van der Waals surface area (Å²) in [7, 11) is 1.20. The zero-order chi connectivity index (χ0) is 17.8. The van der Waals surface area contributed by atoms with E-state index in [4.69, 9.17) is 16.3 Å². The maximum atomic E-state index is 11.8. The molecule has 0 fully saturated rings. The molecule has 1 rings (SSSR count). The number of carbonyl (C=O) groups excluding carboxylic acids is 3. The number of hydrogen-bond acceptors (Lipinski definition) is 5. The van der Waals surface area contributed by atoms with Crippen molar-refractivity contribution in [3.63, 3.8) is 0 Å². The molecule has 0 aliphatic carbocycles. The lowest BCUT2D eigenvalue weighted by atomic mass is 10.2. The summed E-state index contributed by atoms with van der Waals surface area (Å²) >= 11 is 5.51. The highest BCUT2D eigenvalue weighted by atomic mass is 35.5. The molecule has 7 nitrogen and oxygen atoms in total. The molecule has 1 aromatic rings. The van der Waals surface area contributed by atoms with Crippen LogP contribution in [0.2, 0.25) is 0 Å². The van der Waals surface area contributed by atoms with E-state index in [1.165, 1.54) is 7.11 Å². The quantitative estimate of drug-likeness (QED) is 0.517. The molecule has 0 aromatic heterocycles. The highest BCUT2D eigenvalue weighted by Crippen LogP contribution is 2.01. The average molecular weight is 357 g/mol. The van der Waals surface area contributed by atoms with Crippen LogP contribution in [0.25, 0.3) is 0 Å². The number of nitrogens with one attached hydrogen (secondary N) is 2. The number of alkyl halides is 1. The van der Waals surface area contributed by atoms with Crippen LogP contribution in [0.5, 0.6) is 0 Å². The van der Waals surface area contributed by atoms with Crippen molar-refractivity contribution in [2.75, 3.05) is 19.5 Å². The van der Waals surface area contributed by atoms with Gasteiger partial charge in [0.05, 0.1) is 7.11 Å². The Morgan fingerprint density at radius 1 is 1.21 bits per heavy atom. The van der Waals surface area contributed by atoms with E-state index in [1.807, 2.05) is 30.3 Å². The average Bonchev–Trinajstić information content (AvgIpc) is 2.61. The predicted molar refractivity (Wildman–Crippen MR) is 88.5 cm³/mol. The van der Waals surface area contributed by atoms with Crippen LogP contribution < -0.4 is 10.6 Å². The zero-order valence-corrected chi connectivity index (χ0v) is 14.2. The minimum atomic E-state index is -1.03. The highest BCUT2D eigenvalue weighted by Gasteiger charge is 2.22. The van der Waals surface area contributed by atoms with Crippen molar-refractivity contribution in [3.05, 3.63) is 35.9 Å². The molecule has 8 heteroatoms. The van der Waals surface area contributed by atoms with E-state index in [1.54, 1.807) is 0 Å². The second-order valence-corrected chi connectivity index (χ2v) is 5.26. The normalized spacial score (nSPS) is 11.2. The van der Waals surface area contributed by atoms with E-state index < -0.39 is 18.1 Å². The van der Waals surface area contributed by atoms with E-state index in [-0.39, 0.29) is 25.5 Å². The van der Waals surface area contributed by atoms with E-state index in [2.05, 4.69) is 15.4 Å². The number of benzene rings is 1. The Morgan fingerprint density at radius 2 is 1.92 bits per heavy atom. The predicted octanol–water partition coefficient (Wildman–Crippen LogP) is 1.59. The topological polar surface area (TPSA) is 93.7 Å². The maximum absolute atomic E-state index is 11.8. The summed E-state index contributed by atoms with van der Waals surface area (Å²) in [5.41, 5.74) is 0.816. The third kappa shape index (κ3) is 7.82. The van der Waals surface area contributed by atoms with Crippen LogP contribution in [0.15, 0.2) is 30.3 Å². The van der Waals surface area contributed by atoms with E-state index in [0.29, 0.717) is 12.3 Å². The molecule has 24 heavy (non-hydrogen) atoms. The molecule has 0 radical (unpaired) electrons. The van der Waals surface area contributed by atoms with Crippen molar-refractivity contribution in [1.82, 2.24) is 10.6 Å². The molecule has 0 spiro atoms. The van der Waals surface area contributed by atoms with Gasteiger partial charge >= 0.3 is 12.1 Å². The van der Waals surface area contributed by atoms with Gasteiger partial charge in [-0.2, -0.15) is 0 Å². The van der Waals surface area contributed by atoms with Gasteiger partial charge in [-0.1, -0.05) is 30.3 Å². The van der Waals surface area contributed by atoms with Gasteiger partial charge in [-0.3, -0.25) is 4.79 Å². The standard InChI is InChI=1S/C16H21ClN2O5/c1-23-15(21)13(10-18-14(20)8-5-9-17)19-16(22)24-11-12-6-3-2-4-7-12/h2-4,6-7,13H,5,8-11H2,1H3,(H,18,20)(H,19,22). The molecule has 0 heterocycles. The number of carbonyl (C=O) groups is 3. The molecule has 2 N–H and O–H groups in total. The Morgan fingerprint density at radius 3 is 2.54 bits per heavy atom. The minimum Gasteiger partial charge on any atom is -0.467 e. The van der Waals surface area contributed by atoms with Crippen molar-refractivity contribution in [2.45, 2.75) is 25.5 Å².